The molecule has 0 amide bonds. The Morgan fingerprint density at radius 1 is 1.15 bits per heavy atom. The molecule has 7 nitrogen and oxygen atoms in total. The van der Waals surface area contributed by atoms with E-state index in [1.807, 2.05) is 11.6 Å². The molecule has 27 heavy (non-hydrogen) atoms. The maximum atomic E-state index is 6.07. The number of rotatable bonds is 8. The Labute approximate surface area is 187 Å². The normalized spacial score (nSPS) is 11.1. The van der Waals surface area contributed by atoms with E-state index < -0.39 is 0 Å². The number of nitrogens with one attached hydrogen (secondary N) is 3. The molecule has 0 saturated heterocycles. The van der Waals surface area contributed by atoms with E-state index >= 15 is 0 Å². The van der Waals surface area contributed by atoms with Gasteiger partial charge in [-0.3, -0.25) is 9.67 Å². The molecule has 10 heteroatoms. The van der Waals surface area contributed by atoms with Gasteiger partial charge in [0.25, 0.3) is 0 Å². The molecule has 0 aliphatic heterocycles. The quantitative estimate of drug-likeness (QED) is 0.213. The molecule has 0 saturated carbocycles. The highest BCUT2D eigenvalue weighted by atomic mass is 127. The highest BCUT2D eigenvalue weighted by Gasteiger charge is 2.03. The van der Waals surface area contributed by atoms with Gasteiger partial charge in [-0.15, -0.1) is 24.0 Å². The molecule has 0 spiro atoms. The molecule has 0 radical (unpaired) electrons. The average molecular weight is 526 g/mol. The molecule has 0 unspecified atom stereocenters. The summed E-state index contributed by atoms with van der Waals surface area (Å²) in [4.78, 5) is 8.37. The van der Waals surface area contributed by atoms with Gasteiger partial charge in [-0.2, -0.15) is 5.10 Å². The molecule has 0 fully saturated rings. The fourth-order valence-electron chi connectivity index (χ4n) is 2.46. The van der Waals surface area contributed by atoms with Crippen LogP contribution in [0, 0.1) is 13.8 Å². The second kappa shape index (κ2) is 12.2. The summed E-state index contributed by atoms with van der Waals surface area (Å²) in [6.07, 6.45) is 2.53. The predicted molar refractivity (Wildman–Crippen MR) is 124 cm³/mol. The molecule has 2 heterocycles. The molecule has 0 bridgehead atoms. The van der Waals surface area contributed by atoms with E-state index in [0.717, 1.165) is 31.2 Å². The summed E-state index contributed by atoms with van der Waals surface area (Å²) in [7, 11) is 1.75. The Kier molecular flexibility index (Phi) is 10.8. The number of anilines is 1. The van der Waals surface area contributed by atoms with Gasteiger partial charge in [-0.25, -0.2) is 4.98 Å². The molecular formula is C17H26Cl2IN7. The first-order valence-electron chi connectivity index (χ1n) is 8.50. The molecule has 3 N–H and O–H groups in total. The van der Waals surface area contributed by atoms with Crippen LogP contribution in [0.2, 0.25) is 10.0 Å². The molecule has 2 rings (SSSR count). The van der Waals surface area contributed by atoms with Crippen LogP contribution in [0.15, 0.2) is 23.3 Å². The average Bonchev–Trinajstić information content (AvgIpc) is 2.92. The van der Waals surface area contributed by atoms with Gasteiger partial charge in [0.1, 0.15) is 5.82 Å². The van der Waals surface area contributed by atoms with Crippen molar-refractivity contribution in [3.63, 3.8) is 0 Å². The lowest BCUT2D eigenvalue weighted by Gasteiger charge is -2.13. The molecule has 2 aromatic heterocycles. The third kappa shape index (κ3) is 8.10. The number of aryl methyl sites for hydroxylation is 3. The minimum Gasteiger partial charge on any atom is -0.367 e. The molecule has 0 aliphatic rings. The van der Waals surface area contributed by atoms with Crippen LogP contribution in [-0.2, 0) is 6.54 Å². The van der Waals surface area contributed by atoms with E-state index in [-0.39, 0.29) is 24.0 Å². The zero-order chi connectivity index (χ0) is 18.9. The van der Waals surface area contributed by atoms with Crippen LogP contribution in [-0.4, -0.2) is 47.4 Å². The lowest BCUT2D eigenvalue weighted by Crippen LogP contribution is -2.40. The Bertz CT molecular complexity index is 749. The van der Waals surface area contributed by atoms with Crippen molar-refractivity contribution in [1.82, 2.24) is 25.4 Å². The Hall–Kier alpha value is -1.26. The van der Waals surface area contributed by atoms with E-state index in [4.69, 9.17) is 23.2 Å². The van der Waals surface area contributed by atoms with E-state index in [1.165, 1.54) is 5.69 Å². The maximum Gasteiger partial charge on any atom is 0.191 e. The Morgan fingerprint density at radius 3 is 2.52 bits per heavy atom. The van der Waals surface area contributed by atoms with Crippen molar-refractivity contribution in [3.05, 3.63) is 39.8 Å². The van der Waals surface area contributed by atoms with Crippen molar-refractivity contribution in [3.8, 4) is 0 Å². The molecule has 150 valence electrons. The van der Waals surface area contributed by atoms with Crippen LogP contribution in [0.5, 0.6) is 0 Å². The summed E-state index contributed by atoms with van der Waals surface area (Å²) in [5, 5.41) is 15.2. The van der Waals surface area contributed by atoms with Gasteiger partial charge in [-0.1, -0.05) is 23.2 Å². The summed E-state index contributed by atoms with van der Waals surface area (Å²) in [6, 6.07) is 3.75. The predicted octanol–water partition coefficient (Wildman–Crippen LogP) is 3.49. The fourth-order valence-corrected chi connectivity index (χ4v) is 2.91. The Morgan fingerprint density at radius 2 is 1.89 bits per heavy atom. The summed E-state index contributed by atoms with van der Waals surface area (Å²) < 4.78 is 2.03. The highest BCUT2D eigenvalue weighted by molar-refractivity contribution is 14.0. The number of halogens is 3. The van der Waals surface area contributed by atoms with Crippen molar-refractivity contribution in [2.24, 2.45) is 4.99 Å². The van der Waals surface area contributed by atoms with E-state index in [1.54, 1.807) is 19.3 Å². The topological polar surface area (TPSA) is 79.2 Å². The number of guanidine groups is 1. The first kappa shape index (κ1) is 23.8. The second-order valence-electron chi connectivity index (χ2n) is 5.84. The van der Waals surface area contributed by atoms with E-state index in [9.17, 15) is 0 Å². The summed E-state index contributed by atoms with van der Waals surface area (Å²) in [6.45, 7) is 7.11. The first-order valence-corrected chi connectivity index (χ1v) is 9.25. The van der Waals surface area contributed by atoms with Gasteiger partial charge in [0.05, 0.1) is 15.7 Å². The summed E-state index contributed by atoms with van der Waals surface area (Å²) >= 11 is 11.9. The minimum atomic E-state index is 0. The maximum absolute atomic E-state index is 6.07. The molecule has 0 aromatic carbocycles. The Balaban J connectivity index is 0.00000364. The largest absolute Gasteiger partial charge is 0.367 e. The van der Waals surface area contributed by atoms with Crippen molar-refractivity contribution in [2.75, 3.05) is 32.0 Å². The first-order chi connectivity index (χ1) is 12.5. The standard InChI is InChI=1S/C17H25Cl2N7.HI/c1-12-9-13(2)26(25-12)8-4-5-22-17(20-3)23-7-6-21-16-15(19)10-14(18)11-24-16;/h9-11H,4-8H2,1-3H3,(H,21,24)(H2,20,22,23);1H. The van der Waals surface area contributed by atoms with Crippen LogP contribution < -0.4 is 16.0 Å². The van der Waals surface area contributed by atoms with Crippen molar-refractivity contribution in [1.29, 1.82) is 0 Å². The number of pyridine rings is 1. The van der Waals surface area contributed by atoms with Gasteiger partial charge in [0, 0.05) is 45.1 Å². The number of aromatic nitrogens is 3. The molecule has 0 atom stereocenters. The van der Waals surface area contributed by atoms with Gasteiger partial charge >= 0.3 is 0 Å². The third-order valence-corrected chi connectivity index (χ3v) is 4.18. The van der Waals surface area contributed by atoms with Gasteiger partial charge < -0.3 is 16.0 Å². The monoisotopic (exact) mass is 525 g/mol. The van der Waals surface area contributed by atoms with Crippen molar-refractivity contribution in [2.45, 2.75) is 26.8 Å². The highest BCUT2D eigenvalue weighted by Crippen LogP contribution is 2.21. The van der Waals surface area contributed by atoms with Crippen LogP contribution in [0.4, 0.5) is 5.82 Å². The number of hydrogen-bond acceptors (Lipinski definition) is 4. The number of nitrogens with zero attached hydrogens (tertiary/aromatic N) is 4. The molecule has 2 aromatic rings. The lowest BCUT2D eigenvalue weighted by molar-refractivity contribution is 0.555. The van der Waals surface area contributed by atoms with Crippen molar-refractivity contribution < 1.29 is 0 Å². The second-order valence-corrected chi connectivity index (χ2v) is 6.68. The van der Waals surface area contributed by atoms with Crippen LogP contribution in [0.25, 0.3) is 0 Å². The van der Waals surface area contributed by atoms with E-state index in [2.05, 4.69) is 44.0 Å². The van der Waals surface area contributed by atoms with E-state index in [0.29, 0.717) is 29.0 Å². The van der Waals surface area contributed by atoms with Crippen LogP contribution >= 0.6 is 47.2 Å². The smallest absolute Gasteiger partial charge is 0.191 e. The zero-order valence-electron chi connectivity index (χ0n) is 15.7. The van der Waals surface area contributed by atoms with Crippen LogP contribution in [0.1, 0.15) is 17.8 Å². The zero-order valence-corrected chi connectivity index (χ0v) is 19.6. The number of hydrogen-bond donors (Lipinski definition) is 3. The van der Waals surface area contributed by atoms with Crippen molar-refractivity contribution >= 4 is 59.0 Å². The molecular weight excluding hydrogens is 500 g/mol. The minimum absolute atomic E-state index is 0. The fraction of sp³-hybridized carbons (Fsp3) is 0.471. The van der Waals surface area contributed by atoms with Gasteiger partial charge in [0.15, 0.2) is 5.96 Å². The number of aliphatic imine (C=N–C) groups is 1. The summed E-state index contributed by atoms with van der Waals surface area (Å²) in [5.41, 5.74) is 2.24. The third-order valence-electron chi connectivity index (χ3n) is 3.68. The van der Waals surface area contributed by atoms with Crippen LogP contribution in [0.3, 0.4) is 0 Å². The SMILES string of the molecule is CN=C(NCCCn1nc(C)cc1C)NCCNc1ncc(Cl)cc1Cl.I. The van der Waals surface area contributed by atoms with Gasteiger partial charge in [0.2, 0.25) is 0 Å². The molecule has 0 aliphatic carbocycles. The van der Waals surface area contributed by atoms with Gasteiger partial charge in [-0.05, 0) is 32.4 Å². The summed E-state index contributed by atoms with van der Waals surface area (Å²) in [5.74, 6) is 1.38. The lowest BCUT2D eigenvalue weighted by atomic mass is 10.4.